The lowest BCUT2D eigenvalue weighted by Crippen LogP contribution is -2.47. The fraction of sp³-hybridized carbons (Fsp3) is 0.789. The minimum absolute atomic E-state index is 0.0415. The van der Waals surface area contributed by atoms with Gasteiger partial charge in [-0.1, -0.05) is 20.8 Å². The molecule has 3 rings (SSSR count). The van der Waals surface area contributed by atoms with Gasteiger partial charge in [-0.15, -0.1) is 0 Å². The standard InChI is InChI=1S/C19H31N3O3/c1-18(2,3)16-10-17(23)22(14-20-16)11-15-4-7-21(8-5-15)12-19(24)6-9-25-13-19/h10,14-15,24H,4-9,11-13H2,1-3H3. The Hall–Kier alpha value is -1.24. The molecule has 6 heteroatoms. The Bertz CT molecular complexity index is 636. The smallest absolute Gasteiger partial charge is 0.253 e. The summed E-state index contributed by atoms with van der Waals surface area (Å²) in [4.78, 5) is 19.2. The lowest BCUT2D eigenvalue weighted by molar-refractivity contribution is -0.0125. The molecule has 0 bridgehead atoms. The van der Waals surface area contributed by atoms with Crippen molar-refractivity contribution in [1.29, 1.82) is 0 Å². The van der Waals surface area contributed by atoms with Crippen LogP contribution in [0.5, 0.6) is 0 Å². The molecule has 6 nitrogen and oxygen atoms in total. The van der Waals surface area contributed by atoms with Gasteiger partial charge < -0.3 is 14.7 Å². The third-order valence-electron chi connectivity index (χ3n) is 5.41. The fourth-order valence-corrected chi connectivity index (χ4v) is 3.72. The third kappa shape index (κ3) is 4.68. The zero-order valence-corrected chi connectivity index (χ0v) is 15.7. The SMILES string of the molecule is CC(C)(C)c1cc(=O)n(CC2CCN(CC3(O)CCOC3)CC2)cn1. The Morgan fingerprint density at radius 2 is 2.08 bits per heavy atom. The normalized spacial score (nSPS) is 26.2. The van der Waals surface area contributed by atoms with Gasteiger partial charge in [0.25, 0.3) is 5.56 Å². The zero-order valence-electron chi connectivity index (χ0n) is 15.7. The van der Waals surface area contributed by atoms with Crippen molar-refractivity contribution in [3.63, 3.8) is 0 Å². The molecule has 0 radical (unpaired) electrons. The van der Waals surface area contributed by atoms with E-state index in [1.807, 2.05) is 0 Å². The molecule has 1 N–H and O–H groups in total. The van der Waals surface area contributed by atoms with Gasteiger partial charge in [0.1, 0.15) is 5.60 Å². The summed E-state index contributed by atoms with van der Waals surface area (Å²) in [6.07, 6.45) is 4.52. The van der Waals surface area contributed by atoms with Crippen LogP contribution in [0.15, 0.2) is 17.2 Å². The summed E-state index contributed by atoms with van der Waals surface area (Å²) < 4.78 is 7.07. The van der Waals surface area contributed by atoms with Crippen LogP contribution in [0.2, 0.25) is 0 Å². The molecule has 1 atom stereocenters. The van der Waals surface area contributed by atoms with Crippen LogP contribution >= 0.6 is 0 Å². The van der Waals surface area contributed by atoms with Crippen molar-refractivity contribution in [1.82, 2.24) is 14.5 Å². The topological polar surface area (TPSA) is 67.6 Å². The second-order valence-corrected chi connectivity index (χ2v) is 8.76. The minimum Gasteiger partial charge on any atom is -0.386 e. The van der Waals surface area contributed by atoms with Crippen molar-refractivity contribution in [2.24, 2.45) is 5.92 Å². The summed E-state index contributed by atoms with van der Waals surface area (Å²) in [5, 5.41) is 10.5. The molecule has 1 aromatic rings. The molecule has 0 aliphatic carbocycles. The monoisotopic (exact) mass is 349 g/mol. The summed E-state index contributed by atoms with van der Waals surface area (Å²) in [5.41, 5.74) is 0.111. The average molecular weight is 349 g/mol. The molecule has 3 heterocycles. The molecule has 140 valence electrons. The summed E-state index contributed by atoms with van der Waals surface area (Å²) >= 11 is 0. The Kier molecular flexibility index (Phi) is 5.32. The van der Waals surface area contributed by atoms with E-state index in [9.17, 15) is 9.90 Å². The number of β-amino-alcohol motifs (C(OH)–C–C–N with tert-alkyl or cyclic N) is 1. The number of nitrogens with zero attached hydrogens (tertiary/aromatic N) is 3. The van der Waals surface area contributed by atoms with Crippen LogP contribution in [0.4, 0.5) is 0 Å². The average Bonchev–Trinajstić information content (AvgIpc) is 2.96. The van der Waals surface area contributed by atoms with Crippen LogP contribution in [0.3, 0.4) is 0 Å². The highest BCUT2D eigenvalue weighted by atomic mass is 16.5. The van der Waals surface area contributed by atoms with Crippen LogP contribution in [0.1, 0.15) is 45.7 Å². The molecule has 2 aliphatic rings. The van der Waals surface area contributed by atoms with Crippen molar-refractivity contribution in [3.05, 3.63) is 28.4 Å². The molecular weight excluding hydrogens is 318 g/mol. The molecule has 2 fully saturated rings. The van der Waals surface area contributed by atoms with Gasteiger partial charge in [0.05, 0.1) is 18.6 Å². The van der Waals surface area contributed by atoms with E-state index >= 15 is 0 Å². The molecule has 1 aromatic heterocycles. The van der Waals surface area contributed by atoms with Gasteiger partial charge in [0, 0.05) is 37.6 Å². The van der Waals surface area contributed by atoms with Gasteiger partial charge in [-0.25, -0.2) is 4.98 Å². The lowest BCUT2D eigenvalue weighted by atomic mass is 9.92. The number of aromatic nitrogens is 2. The number of rotatable bonds is 4. The number of likely N-dealkylation sites (tertiary alicyclic amines) is 1. The first-order valence-corrected chi connectivity index (χ1v) is 9.35. The van der Waals surface area contributed by atoms with Crippen molar-refractivity contribution in [2.45, 2.75) is 57.6 Å². The maximum Gasteiger partial charge on any atom is 0.253 e. The molecule has 1 unspecified atom stereocenters. The number of hydrogen-bond donors (Lipinski definition) is 1. The summed E-state index contributed by atoms with van der Waals surface area (Å²) in [5.74, 6) is 0.491. The number of ether oxygens (including phenoxy) is 1. The third-order valence-corrected chi connectivity index (χ3v) is 5.41. The molecule has 0 spiro atoms. The predicted molar refractivity (Wildman–Crippen MR) is 96.7 cm³/mol. The zero-order chi connectivity index (χ0) is 18.1. The van der Waals surface area contributed by atoms with Crippen molar-refractivity contribution < 1.29 is 9.84 Å². The van der Waals surface area contributed by atoms with Gasteiger partial charge >= 0.3 is 0 Å². The van der Waals surface area contributed by atoms with Crippen LogP contribution < -0.4 is 5.56 Å². The molecular formula is C19H31N3O3. The predicted octanol–water partition coefficient (Wildman–Crippen LogP) is 1.40. The highest BCUT2D eigenvalue weighted by molar-refractivity contribution is 5.10. The van der Waals surface area contributed by atoms with Crippen molar-refractivity contribution >= 4 is 0 Å². The van der Waals surface area contributed by atoms with E-state index in [4.69, 9.17) is 4.74 Å². The van der Waals surface area contributed by atoms with Crippen LogP contribution in [0, 0.1) is 5.92 Å². The van der Waals surface area contributed by atoms with E-state index < -0.39 is 5.60 Å². The van der Waals surface area contributed by atoms with Crippen LogP contribution in [-0.2, 0) is 16.7 Å². The minimum atomic E-state index is -0.670. The van der Waals surface area contributed by atoms with Gasteiger partial charge in [-0.05, 0) is 31.8 Å². The van der Waals surface area contributed by atoms with E-state index in [0.29, 0.717) is 25.7 Å². The summed E-state index contributed by atoms with van der Waals surface area (Å²) in [6, 6.07) is 1.67. The number of hydrogen-bond acceptors (Lipinski definition) is 5. The molecule has 2 aliphatic heterocycles. The largest absolute Gasteiger partial charge is 0.386 e. The summed E-state index contributed by atoms with van der Waals surface area (Å²) in [7, 11) is 0. The first kappa shape index (κ1) is 18.5. The Balaban J connectivity index is 1.53. The number of piperidine rings is 1. The molecule has 25 heavy (non-hydrogen) atoms. The van der Waals surface area contributed by atoms with Gasteiger partial charge in [-0.3, -0.25) is 9.36 Å². The van der Waals surface area contributed by atoms with Crippen molar-refractivity contribution in [3.8, 4) is 0 Å². The lowest BCUT2D eigenvalue weighted by Gasteiger charge is -2.36. The maximum absolute atomic E-state index is 12.4. The van der Waals surface area contributed by atoms with Gasteiger partial charge in [-0.2, -0.15) is 0 Å². The van der Waals surface area contributed by atoms with E-state index in [-0.39, 0.29) is 11.0 Å². The highest BCUT2D eigenvalue weighted by Gasteiger charge is 2.35. The van der Waals surface area contributed by atoms with Crippen LogP contribution in [0.25, 0.3) is 0 Å². The van der Waals surface area contributed by atoms with Crippen LogP contribution in [-0.4, -0.2) is 58.0 Å². The Labute approximate surface area is 149 Å². The first-order valence-electron chi connectivity index (χ1n) is 9.35. The van der Waals surface area contributed by atoms with Gasteiger partial charge in [0.2, 0.25) is 0 Å². The van der Waals surface area contributed by atoms with E-state index in [0.717, 1.165) is 44.6 Å². The van der Waals surface area contributed by atoms with Gasteiger partial charge in [0.15, 0.2) is 0 Å². The van der Waals surface area contributed by atoms with E-state index in [1.165, 1.54) is 0 Å². The summed E-state index contributed by atoms with van der Waals surface area (Å²) in [6.45, 7) is 10.7. The molecule has 0 saturated carbocycles. The van der Waals surface area contributed by atoms with E-state index in [1.54, 1.807) is 17.0 Å². The Morgan fingerprint density at radius 1 is 1.36 bits per heavy atom. The molecule has 0 aromatic carbocycles. The molecule has 2 saturated heterocycles. The first-order chi connectivity index (χ1) is 11.8. The quantitative estimate of drug-likeness (QED) is 0.890. The van der Waals surface area contributed by atoms with E-state index in [2.05, 4.69) is 30.7 Å². The Morgan fingerprint density at radius 3 is 2.64 bits per heavy atom. The van der Waals surface area contributed by atoms with Crippen molar-refractivity contribution in [2.75, 3.05) is 32.8 Å². The second-order valence-electron chi connectivity index (χ2n) is 8.76. The maximum atomic E-state index is 12.4. The highest BCUT2D eigenvalue weighted by Crippen LogP contribution is 2.24. The fourth-order valence-electron chi connectivity index (χ4n) is 3.72. The number of aliphatic hydroxyl groups is 1. The second kappa shape index (κ2) is 7.17. The molecule has 0 amide bonds.